The maximum Gasteiger partial charge on any atom is 0.254 e. The lowest BCUT2D eigenvalue weighted by Gasteiger charge is -2.33. The Morgan fingerprint density at radius 1 is 1.14 bits per heavy atom. The molecular formula is C22H21BrN4O2. The highest BCUT2D eigenvalue weighted by Crippen LogP contribution is 2.27. The molecule has 3 heterocycles. The molecule has 1 atom stereocenters. The first kappa shape index (κ1) is 19.5. The summed E-state index contributed by atoms with van der Waals surface area (Å²) in [5, 5.41) is 0. The highest BCUT2D eigenvalue weighted by atomic mass is 79.9. The van der Waals surface area contributed by atoms with E-state index in [1.807, 2.05) is 42.2 Å². The van der Waals surface area contributed by atoms with Gasteiger partial charge in [-0.2, -0.15) is 0 Å². The number of amides is 1. The van der Waals surface area contributed by atoms with Gasteiger partial charge in [0.05, 0.1) is 12.1 Å². The predicted molar refractivity (Wildman–Crippen MR) is 114 cm³/mol. The van der Waals surface area contributed by atoms with Crippen LogP contribution in [0.1, 0.15) is 28.8 Å². The van der Waals surface area contributed by atoms with Crippen LogP contribution in [0.3, 0.4) is 0 Å². The van der Waals surface area contributed by atoms with E-state index in [1.54, 1.807) is 24.7 Å². The number of rotatable bonds is 4. The molecule has 6 nitrogen and oxygen atoms in total. The number of aryl methyl sites for hydroxylation is 1. The Bertz CT molecular complexity index is 995. The van der Waals surface area contributed by atoms with Crippen LogP contribution in [0.4, 0.5) is 0 Å². The van der Waals surface area contributed by atoms with E-state index in [0.717, 1.165) is 28.4 Å². The number of carbonyl (C=O) groups excluding carboxylic acids is 1. The largest absolute Gasteiger partial charge is 0.472 e. The molecule has 0 radical (unpaired) electrons. The maximum absolute atomic E-state index is 13.4. The third kappa shape index (κ3) is 4.45. The Kier molecular flexibility index (Phi) is 5.85. The molecule has 1 aromatic carbocycles. The summed E-state index contributed by atoms with van der Waals surface area (Å²) in [6.45, 7) is 3.21. The zero-order chi connectivity index (χ0) is 20.2. The quantitative estimate of drug-likeness (QED) is 0.590. The van der Waals surface area contributed by atoms with E-state index >= 15 is 0 Å². The van der Waals surface area contributed by atoms with Gasteiger partial charge in [0.2, 0.25) is 5.88 Å². The number of pyridine rings is 1. The van der Waals surface area contributed by atoms with E-state index in [1.165, 1.54) is 0 Å². The minimum absolute atomic E-state index is 0.0202. The van der Waals surface area contributed by atoms with Crippen LogP contribution in [0, 0.1) is 6.92 Å². The molecule has 1 amide bonds. The first-order valence-corrected chi connectivity index (χ1v) is 10.4. The monoisotopic (exact) mass is 452 g/mol. The van der Waals surface area contributed by atoms with Crippen LogP contribution < -0.4 is 4.74 Å². The molecule has 148 valence electrons. The Morgan fingerprint density at radius 2 is 1.97 bits per heavy atom. The molecule has 0 aliphatic carbocycles. The molecule has 0 spiro atoms. The van der Waals surface area contributed by atoms with E-state index in [2.05, 4.69) is 30.9 Å². The van der Waals surface area contributed by atoms with Gasteiger partial charge in [-0.1, -0.05) is 12.1 Å². The summed E-state index contributed by atoms with van der Waals surface area (Å²) in [6, 6.07) is 11.2. The average molecular weight is 453 g/mol. The lowest BCUT2D eigenvalue weighted by Crippen LogP contribution is -2.44. The summed E-state index contributed by atoms with van der Waals surface area (Å²) >= 11 is 3.38. The van der Waals surface area contributed by atoms with Crippen molar-refractivity contribution in [2.45, 2.75) is 25.9 Å². The van der Waals surface area contributed by atoms with Crippen molar-refractivity contribution in [2.24, 2.45) is 0 Å². The Morgan fingerprint density at radius 3 is 2.72 bits per heavy atom. The number of carbonyl (C=O) groups is 1. The number of ether oxygens (including phenoxy) is 1. The summed E-state index contributed by atoms with van der Waals surface area (Å²) in [6.07, 6.45) is 6.79. The number of aromatic nitrogens is 3. The molecule has 0 unspecified atom stereocenters. The SMILES string of the molecule is Cc1cccc(C(=O)N2CCC[C@@H](Oc3ccc(Br)cn3)C2)c1-c1ncccn1. The van der Waals surface area contributed by atoms with Gasteiger partial charge in [0.15, 0.2) is 5.82 Å². The topological polar surface area (TPSA) is 68.2 Å². The lowest BCUT2D eigenvalue weighted by atomic mass is 9.98. The lowest BCUT2D eigenvalue weighted by molar-refractivity contribution is 0.0528. The maximum atomic E-state index is 13.4. The van der Waals surface area contributed by atoms with Crippen LogP contribution in [0.2, 0.25) is 0 Å². The van der Waals surface area contributed by atoms with Gasteiger partial charge in [0.1, 0.15) is 6.10 Å². The van der Waals surface area contributed by atoms with Gasteiger partial charge >= 0.3 is 0 Å². The van der Waals surface area contributed by atoms with E-state index in [4.69, 9.17) is 4.74 Å². The molecule has 2 aromatic heterocycles. The molecule has 0 N–H and O–H groups in total. The van der Waals surface area contributed by atoms with Crippen LogP contribution in [0.25, 0.3) is 11.4 Å². The molecular weight excluding hydrogens is 432 g/mol. The van der Waals surface area contributed by atoms with E-state index in [0.29, 0.717) is 30.4 Å². The fourth-order valence-corrected chi connectivity index (χ4v) is 3.80. The van der Waals surface area contributed by atoms with Crippen LogP contribution in [0.5, 0.6) is 5.88 Å². The molecule has 1 aliphatic rings. The number of hydrogen-bond donors (Lipinski definition) is 0. The van der Waals surface area contributed by atoms with Crippen LogP contribution >= 0.6 is 15.9 Å². The molecule has 1 saturated heterocycles. The number of nitrogens with zero attached hydrogens (tertiary/aromatic N) is 4. The van der Waals surface area contributed by atoms with E-state index < -0.39 is 0 Å². The molecule has 4 rings (SSSR count). The Balaban J connectivity index is 1.55. The average Bonchev–Trinajstić information content (AvgIpc) is 2.75. The first-order valence-electron chi connectivity index (χ1n) is 9.56. The summed E-state index contributed by atoms with van der Waals surface area (Å²) in [4.78, 5) is 28.2. The standard InChI is InChI=1S/C22H21BrN4O2/c1-15-5-2-7-18(20(15)21-24-10-4-11-25-21)22(28)27-12-3-6-17(14-27)29-19-9-8-16(23)13-26-19/h2,4-5,7-11,13,17H,3,6,12,14H2,1H3/t17-/m1/s1. The number of halogens is 1. The molecule has 1 aliphatic heterocycles. The van der Waals surface area contributed by atoms with Gasteiger partial charge in [-0.3, -0.25) is 4.79 Å². The molecule has 0 bridgehead atoms. The van der Waals surface area contributed by atoms with Crippen LogP contribution in [0.15, 0.2) is 59.5 Å². The van der Waals surface area contributed by atoms with E-state index in [9.17, 15) is 4.79 Å². The fourth-order valence-electron chi connectivity index (χ4n) is 3.56. The van der Waals surface area contributed by atoms with Crippen molar-refractivity contribution in [1.82, 2.24) is 19.9 Å². The fraction of sp³-hybridized carbons (Fsp3) is 0.273. The summed E-state index contributed by atoms with van der Waals surface area (Å²) in [7, 11) is 0. The predicted octanol–water partition coefficient (Wildman–Crippen LogP) is 4.29. The van der Waals surface area contributed by atoms with Crippen LogP contribution in [-0.2, 0) is 0 Å². The normalized spacial score (nSPS) is 16.5. The van der Waals surface area contributed by atoms with Gasteiger partial charge in [0, 0.05) is 41.2 Å². The van der Waals surface area contributed by atoms with Crippen molar-refractivity contribution in [3.63, 3.8) is 0 Å². The molecule has 29 heavy (non-hydrogen) atoms. The van der Waals surface area contributed by atoms with E-state index in [-0.39, 0.29) is 12.0 Å². The second kappa shape index (κ2) is 8.69. The molecule has 1 fully saturated rings. The summed E-state index contributed by atoms with van der Waals surface area (Å²) < 4.78 is 6.92. The highest BCUT2D eigenvalue weighted by Gasteiger charge is 2.28. The molecule has 7 heteroatoms. The minimum Gasteiger partial charge on any atom is -0.472 e. The first-order chi connectivity index (χ1) is 14.1. The second-order valence-electron chi connectivity index (χ2n) is 7.02. The number of benzene rings is 1. The molecule has 0 saturated carbocycles. The third-order valence-electron chi connectivity index (χ3n) is 4.95. The van der Waals surface area contributed by atoms with Crippen LogP contribution in [-0.4, -0.2) is 45.0 Å². The second-order valence-corrected chi connectivity index (χ2v) is 7.93. The number of hydrogen-bond acceptors (Lipinski definition) is 5. The van der Waals surface area contributed by atoms with Crippen molar-refractivity contribution in [3.05, 3.63) is 70.6 Å². The van der Waals surface area contributed by atoms with Gasteiger partial charge in [-0.05, 0) is 59.5 Å². The van der Waals surface area contributed by atoms with Gasteiger partial charge in [-0.25, -0.2) is 15.0 Å². The van der Waals surface area contributed by atoms with Crippen molar-refractivity contribution in [2.75, 3.05) is 13.1 Å². The van der Waals surface area contributed by atoms with Crippen molar-refractivity contribution >= 4 is 21.8 Å². The molecule has 3 aromatic rings. The van der Waals surface area contributed by atoms with Gasteiger partial charge < -0.3 is 9.64 Å². The number of piperidine rings is 1. The van der Waals surface area contributed by atoms with Crippen molar-refractivity contribution < 1.29 is 9.53 Å². The van der Waals surface area contributed by atoms with Crippen molar-refractivity contribution in [3.8, 4) is 17.3 Å². The Hall–Kier alpha value is -2.80. The highest BCUT2D eigenvalue weighted by molar-refractivity contribution is 9.10. The third-order valence-corrected chi connectivity index (χ3v) is 5.41. The summed E-state index contributed by atoms with van der Waals surface area (Å²) in [5.74, 6) is 1.12. The van der Waals surface area contributed by atoms with Gasteiger partial charge in [0.25, 0.3) is 5.91 Å². The minimum atomic E-state index is -0.0809. The summed E-state index contributed by atoms with van der Waals surface area (Å²) in [5.41, 5.74) is 2.39. The van der Waals surface area contributed by atoms with Gasteiger partial charge in [-0.15, -0.1) is 0 Å². The zero-order valence-electron chi connectivity index (χ0n) is 16.1. The smallest absolute Gasteiger partial charge is 0.254 e. The zero-order valence-corrected chi connectivity index (χ0v) is 17.7. The van der Waals surface area contributed by atoms with Crippen molar-refractivity contribution in [1.29, 1.82) is 0 Å². The number of likely N-dealkylation sites (tertiary alicyclic amines) is 1. The Labute approximate surface area is 178 Å².